The average Bonchev–Trinajstić information content (AvgIpc) is 2.32. The Morgan fingerprint density at radius 2 is 2.17 bits per heavy atom. The highest BCUT2D eigenvalue weighted by Gasteiger charge is 2.28. The topological polar surface area (TPSA) is 38.5 Å². The number of nitrogens with zero attached hydrogens (tertiary/aromatic N) is 1. The summed E-state index contributed by atoms with van der Waals surface area (Å²) in [7, 11) is 0. The van der Waals surface area contributed by atoms with Gasteiger partial charge in [-0.05, 0) is 32.4 Å². The van der Waals surface area contributed by atoms with Crippen molar-refractivity contribution in [3.8, 4) is 0 Å². The lowest BCUT2D eigenvalue weighted by Crippen LogP contribution is -2.48. The maximum absolute atomic E-state index is 14.2. The number of hydrogen-bond donors (Lipinski definition) is 1. The number of anilines is 1. The van der Waals surface area contributed by atoms with Crippen molar-refractivity contribution in [2.75, 3.05) is 18.1 Å². The third-order valence-electron chi connectivity index (χ3n) is 3.40. The highest BCUT2D eigenvalue weighted by Crippen LogP contribution is 2.31. The van der Waals surface area contributed by atoms with Crippen LogP contribution in [0.25, 0.3) is 0 Å². The Hall–Kier alpha value is -1.13. The van der Waals surface area contributed by atoms with E-state index in [1.807, 2.05) is 26.8 Å². The number of para-hydroxylation sites is 1. The first-order valence-electron chi connectivity index (χ1n) is 6.43. The Morgan fingerprint density at radius 3 is 2.83 bits per heavy atom. The molecule has 0 aromatic heterocycles. The van der Waals surface area contributed by atoms with Crippen LogP contribution >= 0.6 is 0 Å². The van der Waals surface area contributed by atoms with Crippen LogP contribution in [0.1, 0.15) is 32.4 Å². The molecule has 1 aliphatic rings. The van der Waals surface area contributed by atoms with Gasteiger partial charge in [-0.1, -0.05) is 12.1 Å². The van der Waals surface area contributed by atoms with Gasteiger partial charge in [0.15, 0.2) is 0 Å². The maximum atomic E-state index is 14.2. The summed E-state index contributed by atoms with van der Waals surface area (Å²) >= 11 is 0. The Kier molecular flexibility index (Phi) is 3.88. The average molecular weight is 252 g/mol. The molecule has 1 heterocycles. The molecule has 1 fully saturated rings. The lowest BCUT2D eigenvalue weighted by molar-refractivity contribution is 0.0340. The number of rotatable bonds is 2. The normalized spacial score (nSPS) is 26.2. The predicted molar refractivity (Wildman–Crippen MR) is 71.2 cm³/mol. The molecule has 18 heavy (non-hydrogen) atoms. The van der Waals surface area contributed by atoms with Gasteiger partial charge in [0.25, 0.3) is 0 Å². The zero-order valence-electron chi connectivity index (χ0n) is 11.2. The molecular formula is C14H21FN2O. The number of ether oxygens (including phenoxy) is 1. The van der Waals surface area contributed by atoms with Crippen molar-refractivity contribution in [1.82, 2.24) is 0 Å². The summed E-state index contributed by atoms with van der Waals surface area (Å²) in [5.41, 5.74) is 7.44. The molecular weight excluding hydrogens is 231 g/mol. The minimum atomic E-state index is -0.203. The van der Waals surface area contributed by atoms with Crippen LogP contribution in [-0.2, 0) is 4.74 Å². The van der Waals surface area contributed by atoms with E-state index in [0.717, 1.165) is 5.56 Å². The van der Waals surface area contributed by atoms with E-state index in [1.165, 1.54) is 6.07 Å². The van der Waals surface area contributed by atoms with Crippen LogP contribution in [0.3, 0.4) is 0 Å². The fourth-order valence-electron chi connectivity index (χ4n) is 2.42. The summed E-state index contributed by atoms with van der Waals surface area (Å²) in [5, 5.41) is 0. The predicted octanol–water partition coefficient (Wildman–Crippen LogP) is 2.46. The summed E-state index contributed by atoms with van der Waals surface area (Å²) < 4.78 is 19.7. The smallest absolute Gasteiger partial charge is 0.146 e. The monoisotopic (exact) mass is 252 g/mol. The van der Waals surface area contributed by atoms with E-state index in [0.29, 0.717) is 18.8 Å². The quantitative estimate of drug-likeness (QED) is 0.878. The SMILES string of the molecule is CC1CN(c2c(F)cccc2[C@H](C)N)C(C)CO1. The fourth-order valence-corrected chi connectivity index (χ4v) is 2.42. The number of nitrogens with two attached hydrogens (primary N) is 1. The molecule has 1 aromatic carbocycles. The molecule has 0 aliphatic carbocycles. The van der Waals surface area contributed by atoms with Crippen molar-refractivity contribution >= 4 is 5.69 Å². The van der Waals surface area contributed by atoms with E-state index < -0.39 is 0 Å². The van der Waals surface area contributed by atoms with Gasteiger partial charge in [0, 0.05) is 18.6 Å². The fraction of sp³-hybridized carbons (Fsp3) is 0.571. The summed E-state index contributed by atoms with van der Waals surface area (Å²) in [6.07, 6.45) is 0.113. The molecule has 3 atom stereocenters. The molecule has 0 saturated carbocycles. The number of morpholine rings is 1. The molecule has 2 rings (SSSR count). The van der Waals surface area contributed by atoms with Gasteiger partial charge in [-0.2, -0.15) is 0 Å². The van der Waals surface area contributed by atoms with Crippen LogP contribution in [0.15, 0.2) is 18.2 Å². The molecule has 0 radical (unpaired) electrons. The third kappa shape index (κ3) is 2.49. The Bertz CT molecular complexity index is 422. The largest absolute Gasteiger partial charge is 0.375 e. The van der Waals surface area contributed by atoms with E-state index in [-0.39, 0.29) is 24.0 Å². The van der Waals surface area contributed by atoms with Gasteiger partial charge in [-0.3, -0.25) is 0 Å². The lowest BCUT2D eigenvalue weighted by atomic mass is 10.0. The lowest BCUT2D eigenvalue weighted by Gasteiger charge is -2.40. The van der Waals surface area contributed by atoms with E-state index in [1.54, 1.807) is 6.07 Å². The van der Waals surface area contributed by atoms with Gasteiger partial charge < -0.3 is 15.4 Å². The van der Waals surface area contributed by atoms with Crippen LogP contribution in [-0.4, -0.2) is 25.3 Å². The number of hydrogen-bond acceptors (Lipinski definition) is 3. The second kappa shape index (κ2) is 5.24. The molecule has 1 aromatic rings. The van der Waals surface area contributed by atoms with E-state index >= 15 is 0 Å². The summed E-state index contributed by atoms with van der Waals surface area (Å²) in [4.78, 5) is 2.07. The first-order valence-corrected chi connectivity index (χ1v) is 6.43. The van der Waals surface area contributed by atoms with Gasteiger partial charge in [0.05, 0.1) is 18.4 Å². The molecule has 2 N–H and O–H groups in total. The van der Waals surface area contributed by atoms with Crippen LogP contribution in [0.2, 0.25) is 0 Å². The molecule has 0 bridgehead atoms. The summed E-state index contributed by atoms with van der Waals surface area (Å²) in [6.45, 7) is 7.25. The van der Waals surface area contributed by atoms with Crippen LogP contribution in [0.4, 0.5) is 10.1 Å². The van der Waals surface area contributed by atoms with E-state index in [2.05, 4.69) is 4.90 Å². The van der Waals surface area contributed by atoms with Crippen molar-refractivity contribution < 1.29 is 9.13 Å². The van der Waals surface area contributed by atoms with Crippen molar-refractivity contribution in [3.63, 3.8) is 0 Å². The van der Waals surface area contributed by atoms with Crippen LogP contribution < -0.4 is 10.6 Å². The van der Waals surface area contributed by atoms with Crippen molar-refractivity contribution in [3.05, 3.63) is 29.6 Å². The van der Waals surface area contributed by atoms with Crippen LogP contribution in [0.5, 0.6) is 0 Å². The molecule has 100 valence electrons. The van der Waals surface area contributed by atoms with Crippen molar-refractivity contribution in [2.45, 2.75) is 39.0 Å². The van der Waals surface area contributed by atoms with Crippen molar-refractivity contribution in [2.24, 2.45) is 5.73 Å². The zero-order valence-corrected chi connectivity index (χ0v) is 11.2. The van der Waals surface area contributed by atoms with Gasteiger partial charge in [-0.15, -0.1) is 0 Å². The first-order chi connectivity index (χ1) is 8.50. The minimum Gasteiger partial charge on any atom is -0.375 e. The number of benzene rings is 1. The summed E-state index contributed by atoms with van der Waals surface area (Å²) in [5.74, 6) is -0.203. The molecule has 0 amide bonds. The van der Waals surface area contributed by atoms with E-state index in [9.17, 15) is 4.39 Å². The van der Waals surface area contributed by atoms with Gasteiger partial charge in [0.1, 0.15) is 5.82 Å². The Labute approximate surface area is 108 Å². The minimum absolute atomic E-state index is 0.113. The Morgan fingerprint density at radius 1 is 1.44 bits per heavy atom. The third-order valence-corrected chi connectivity index (χ3v) is 3.40. The van der Waals surface area contributed by atoms with E-state index in [4.69, 9.17) is 10.5 Å². The first kappa shape index (κ1) is 13.3. The molecule has 3 nitrogen and oxygen atoms in total. The van der Waals surface area contributed by atoms with Crippen molar-refractivity contribution in [1.29, 1.82) is 0 Å². The highest BCUT2D eigenvalue weighted by atomic mass is 19.1. The van der Waals surface area contributed by atoms with Gasteiger partial charge >= 0.3 is 0 Å². The van der Waals surface area contributed by atoms with Gasteiger partial charge in [-0.25, -0.2) is 4.39 Å². The Balaban J connectivity index is 2.42. The highest BCUT2D eigenvalue weighted by molar-refractivity contribution is 5.57. The van der Waals surface area contributed by atoms with Crippen LogP contribution in [0, 0.1) is 5.82 Å². The zero-order chi connectivity index (χ0) is 13.3. The number of halogens is 1. The second-order valence-electron chi connectivity index (χ2n) is 5.11. The van der Waals surface area contributed by atoms with Gasteiger partial charge in [0.2, 0.25) is 0 Å². The maximum Gasteiger partial charge on any atom is 0.146 e. The standard InChI is InChI=1S/C14H21FN2O/c1-9-8-18-10(2)7-17(9)14-12(11(3)16)5-4-6-13(14)15/h4-6,9-11H,7-8,16H2,1-3H3/t9?,10?,11-/m0/s1. The molecule has 1 saturated heterocycles. The molecule has 0 spiro atoms. The second-order valence-corrected chi connectivity index (χ2v) is 5.11. The summed E-state index contributed by atoms with van der Waals surface area (Å²) in [6, 6.07) is 5.09. The molecule has 2 unspecified atom stereocenters. The molecule has 4 heteroatoms. The molecule has 1 aliphatic heterocycles.